The van der Waals surface area contributed by atoms with Crippen LogP contribution < -0.4 is 10.2 Å². The molecule has 1 fully saturated rings. The molecule has 1 N–H and O–H groups in total. The summed E-state index contributed by atoms with van der Waals surface area (Å²) in [6.45, 7) is 10.2. The molecule has 1 saturated heterocycles. The van der Waals surface area contributed by atoms with Crippen LogP contribution in [0.3, 0.4) is 0 Å². The van der Waals surface area contributed by atoms with Gasteiger partial charge in [0.2, 0.25) is 0 Å². The van der Waals surface area contributed by atoms with Gasteiger partial charge >= 0.3 is 0 Å². The van der Waals surface area contributed by atoms with Crippen LogP contribution in [0.5, 0.6) is 0 Å². The van der Waals surface area contributed by atoms with Gasteiger partial charge in [-0.05, 0) is 40.3 Å². The first-order valence-electron chi connectivity index (χ1n) is 7.66. The zero-order chi connectivity index (χ0) is 14.7. The molecule has 1 unspecified atom stereocenters. The van der Waals surface area contributed by atoms with Crippen LogP contribution in [0.4, 0.5) is 5.13 Å². The normalized spacial score (nSPS) is 19.2. The molecule has 0 radical (unpaired) electrons. The maximum absolute atomic E-state index is 4.78. The Hall–Kier alpha value is -0.650. The Labute approximate surface area is 127 Å². The first-order chi connectivity index (χ1) is 9.56. The molecule has 1 aliphatic rings. The van der Waals surface area contributed by atoms with Crippen molar-refractivity contribution in [2.24, 2.45) is 0 Å². The number of likely N-dealkylation sites (tertiary alicyclic amines) is 1. The van der Waals surface area contributed by atoms with E-state index in [0.29, 0.717) is 12.1 Å². The summed E-state index contributed by atoms with van der Waals surface area (Å²) in [5.41, 5.74) is 1.17. The van der Waals surface area contributed by atoms with Crippen LogP contribution in [0.2, 0.25) is 0 Å². The molecule has 1 aromatic heterocycles. The second-order valence-corrected chi connectivity index (χ2v) is 6.74. The minimum absolute atomic E-state index is 0.386. The zero-order valence-electron chi connectivity index (χ0n) is 13.4. The van der Waals surface area contributed by atoms with Crippen molar-refractivity contribution in [1.82, 2.24) is 15.2 Å². The Bertz CT molecular complexity index is 424. The largest absolute Gasteiger partial charge is 0.348 e. The molecule has 1 atom stereocenters. The topological polar surface area (TPSA) is 31.4 Å². The number of thiazole rings is 1. The van der Waals surface area contributed by atoms with Crippen molar-refractivity contribution in [2.45, 2.75) is 45.7 Å². The van der Waals surface area contributed by atoms with Gasteiger partial charge in [-0.1, -0.05) is 6.92 Å². The minimum atomic E-state index is 0.386. The van der Waals surface area contributed by atoms with E-state index in [2.05, 4.69) is 42.9 Å². The second kappa shape index (κ2) is 6.87. The summed E-state index contributed by atoms with van der Waals surface area (Å²) in [6.07, 6.45) is 2.50. The fourth-order valence-corrected chi connectivity index (χ4v) is 4.02. The van der Waals surface area contributed by atoms with E-state index in [1.165, 1.54) is 48.2 Å². The van der Waals surface area contributed by atoms with E-state index in [1.54, 1.807) is 0 Å². The van der Waals surface area contributed by atoms with Gasteiger partial charge in [0, 0.05) is 37.1 Å². The van der Waals surface area contributed by atoms with Crippen molar-refractivity contribution in [3.8, 4) is 0 Å². The summed E-state index contributed by atoms with van der Waals surface area (Å²) in [5.74, 6) is 0. The standard InChI is InChI=1S/C15H28N4S/c1-6-19-9-7-13(8-10-19)18(5)15-17-12(3)14(20-15)11(2)16-4/h11,13,16H,6-10H2,1-5H3. The van der Waals surface area contributed by atoms with Gasteiger partial charge in [-0.25, -0.2) is 4.98 Å². The summed E-state index contributed by atoms with van der Waals surface area (Å²) in [7, 11) is 4.21. The summed E-state index contributed by atoms with van der Waals surface area (Å²) in [6, 6.07) is 1.03. The van der Waals surface area contributed by atoms with Gasteiger partial charge < -0.3 is 15.1 Å². The van der Waals surface area contributed by atoms with Gasteiger partial charge in [0.05, 0.1) is 5.69 Å². The third kappa shape index (κ3) is 3.32. The van der Waals surface area contributed by atoms with E-state index in [-0.39, 0.29) is 0 Å². The molecule has 114 valence electrons. The smallest absolute Gasteiger partial charge is 0.185 e. The third-order valence-corrected chi connectivity index (χ3v) is 5.93. The van der Waals surface area contributed by atoms with Crippen molar-refractivity contribution in [1.29, 1.82) is 0 Å². The zero-order valence-corrected chi connectivity index (χ0v) is 14.3. The predicted octanol–water partition coefficient (Wildman–Crippen LogP) is 2.65. The quantitative estimate of drug-likeness (QED) is 0.905. The SMILES string of the molecule is CCN1CCC(N(C)c2nc(C)c(C(C)NC)s2)CC1. The Balaban J connectivity index is 2.04. The average Bonchev–Trinajstić information content (AvgIpc) is 2.87. The van der Waals surface area contributed by atoms with E-state index in [1.807, 2.05) is 18.4 Å². The van der Waals surface area contributed by atoms with Crippen LogP contribution in [0.25, 0.3) is 0 Å². The van der Waals surface area contributed by atoms with E-state index in [0.717, 1.165) is 0 Å². The van der Waals surface area contributed by atoms with Crippen molar-refractivity contribution in [3.05, 3.63) is 10.6 Å². The highest BCUT2D eigenvalue weighted by atomic mass is 32.1. The number of piperidine rings is 1. The molecule has 2 heterocycles. The highest BCUT2D eigenvalue weighted by Gasteiger charge is 2.24. The Morgan fingerprint density at radius 1 is 1.45 bits per heavy atom. The van der Waals surface area contributed by atoms with Gasteiger partial charge in [0.15, 0.2) is 5.13 Å². The summed E-state index contributed by atoms with van der Waals surface area (Å²) in [4.78, 5) is 11.1. The first-order valence-corrected chi connectivity index (χ1v) is 8.48. The number of anilines is 1. The van der Waals surface area contributed by atoms with Crippen molar-refractivity contribution >= 4 is 16.5 Å². The summed E-state index contributed by atoms with van der Waals surface area (Å²) < 4.78 is 0. The Kier molecular flexibility index (Phi) is 5.41. The molecular formula is C15H28N4S. The maximum atomic E-state index is 4.78. The number of aromatic nitrogens is 1. The molecule has 1 aromatic rings. The van der Waals surface area contributed by atoms with Crippen molar-refractivity contribution in [2.75, 3.05) is 38.6 Å². The molecule has 0 aromatic carbocycles. The fraction of sp³-hybridized carbons (Fsp3) is 0.800. The molecule has 0 saturated carbocycles. The molecule has 0 bridgehead atoms. The van der Waals surface area contributed by atoms with Gasteiger partial charge in [0.1, 0.15) is 0 Å². The number of hydrogen-bond donors (Lipinski definition) is 1. The molecule has 0 amide bonds. The highest BCUT2D eigenvalue weighted by molar-refractivity contribution is 7.15. The van der Waals surface area contributed by atoms with Gasteiger partial charge in [0.25, 0.3) is 0 Å². The number of nitrogens with one attached hydrogen (secondary N) is 1. The van der Waals surface area contributed by atoms with Crippen LogP contribution >= 0.6 is 11.3 Å². The molecule has 2 rings (SSSR count). The molecular weight excluding hydrogens is 268 g/mol. The molecule has 5 heteroatoms. The summed E-state index contributed by atoms with van der Waals surface area (Å²) >= 11 is 1.84. The summed E-state index contributed by atoms with van der Waals surface area (Å²) in [5, 5.41) is 4.49. The molecule has 0 spiro atoms. The lowest BCUT2D eigenvalue weighted by molar-refractivity contribution is 0.221. The van der Waals surface area contributed by atoms with Gasteiger partial charge in [-0.2, -0.15) is 0 Å². The monoisotopic (exact) mass is 296 g/mol. The number of nitrogens with zero attached hydrogens (tertiary/aromatic N) is 3. The van der Waals surface area contributed by atoms with E-state index < -0.39 is 0 Å². The Morgan fingerprint density at radius 3 is 2.65 bits per heavy atom. The number of hydrogen-bond acceptors (Lipinski definition) is 5. The maximum Gasteiger partial charge on any atom is 0.185 e. The average molecular weight is 296 g/mol. The lowest BCUT2D eigenvalue weighted by Crippen LogP contribution is -2.43. The lowest BCUT2D eigenvalue weighted by Gasteiger charge is -2.36. The van der Waals surface area contributed by atoms with Crippen molar-refractivity contribution < 1.29 is 0 Å². The molecule has 1 aliphatic heterocycles. The molecule has 20 heavy (non-hydrogen) atoms. The van der Waals surface area contributed by atoms with Gasteiger partial charge in [-0.3, -0.25) is 0 Å². The van der Waals surface area contributed by atoms with Crippen LogP contribution in [0.1, 0.15) is 43.3 Å². The van der Waals surface area contributed by atoms with E-state index in [9.17, 15) is 0 Å². The van der Waals surface area contributed by atoms with Gasteiger partial charge in [-0.15, -0.1) is 11.3 Å². The Morgan fingerprint density at radius 2 is 2.10 bits per heavy atom. The number of aryl methyl sites for hydroxylation is 1. The highest BCUT2D eigenvalue weighted by Crippen LogP contribution is 2.32. The van der Waals surface area contributed by atoms with Crippen LogP contribution in [0.15, 0.2) is 0 Å². The van der Waals surface area contributed by atoms with Crippen LogP contribution in [0, 0.1) is 6.92 Å². The van der Waals surface area contributed by atoms with Crippen molar-refractivity contribution in [3.63, 3.8) is 0 Å². The molecule has 0 aliphatic carbocycles. The fourth-order valence-electron chi connectivity index (χ4n) is 2.86. The molecule has 4 nitrogen and oxygen atoms in total. The predicted molar refractivity (Wildman–Crippen MR) is 87.9 cm³/mol. The van der Waals surface area contributed by atoms with Crippen LogP contribution in [-0.4, -0.2) is 49.7 Å². The lowest BCUT2D eigenvalue weighted by atomic mass is 10.0. The minimum Gasteiger partial charge on any atom is -0.348 e. The second-order valence-electron chi connectivity index (χ2n) is 5.73. The van der Waals surface area contributed by atoms with Crippen LogP contribution in [-0.2, 0) is 0 Å². The third-order valence-electron chi connectivity index (χ3n) is 4.50. The first kappa shape index (κ1) is 15.7. The van der Waals surface area contributed by atoms with E-state index in [4.69, 9.17) is 4.98 Å². The van der Waals surface area contributed by atoms with E-state index >= 15 is 0 Å². The number of rotatable bonds is 5.